The van der Waals surface area contributed by atoms with Gasteiger partial charge >= 0.3 is 0 Å². The molecule has 5 aromatic rings. The number of aryl methyl sites for hydroxylation is 1. The van der Waals surface area contributed by atoms with Gasteiger partial charge in [-0.05, 0) is 92.9 Å². The first-order chi connectivity index (χ1) is 23.9. The molecule has 258 valence electrons. The number of hydrogen-bond donors (Lipinski definition) is 1. The lowest BCUT2D eigenvalue weighted by Gasteiger charge is -2.35. The van der Waals surface area contributed by atoms with E-state index in [0.717, 1.165) is 21.0 Å². The van der Waals surface area contributed by atoms with Crippen molar-refractivity contribution in [3.05, 3.63) is 156 Å². The predicted octanol–water partition coefficient (Wildman–Crippen LogP) is 7.54. The van der Waals surface area contributed by atoms with Crippen LogP contribution in [-0.2, 0) is 32.6 Å². The molecule has 0 saturated carbocycles. The SMILES string of the molecule is Cc1ccccc1CN(C(=O)CN(c1ccc(Oc2ccccc2)cc1)S(=O)(=O)c1ccccc1)C(Cc1ccccc1)C(=O)NC(C)(C)C. The van der Waals surface area contributed by atoms with E-state index in [-0.39, 0.29) is 29.5 Å². The van der Waals surface area contributed by atoms with Crippen LogP contribution in [0.3, 0.4) is 0 Å². The lowest BCUT2D eigenvalue weighted by molar-refractivity contribution is -0.140. The molecule has 5 rings (SSSR count). The molecular weight excluding hydrogens is 647 g/mol. The van der Waals surface area contributed by atoms with Gasteiger partial charge in [0.25, 0.3) is 10.0 Å². The molecule has 0 aliphatic rings. The fraction of sp³-hybridized carbons (Fsp3) is 0.220. The van der Waals surface area contributed by atoms with Crippen molar-refractivity contribution >= 4 is 27.5 Å². The van der Waals surface area contributed by atoms with Crippen LogP contribution in [0.5, 0.6) is 11.5 Å². The van der Waals surface area contributed by atoms with Crippen molar-refractivity contribution in [3.8, 4) is 11.5 Å². The number of carbonyl (C=O) groups is 2. The summed E-state index contributed by atoms with van der Waals surface area (Å²) in [5.74, 6) is 0.283. The van der Waals surface area contributed by atoms with Crippen molar-refractivity contribution in [1.29, 1.82) is 0 Å². The minimum atomic E-state index is -4.22. The average molecular weight is 690 g/mol. The van der Waals surface area contributed by atoms with Crippen LogP contribution >= 0.6 is 0 Å². The van der Waals surface area contributed by atoms with Gasteiger partial charge in [-0.15, -0.1) is 0 Å². The summed E-state index contributed by atoms with van der Waals surface area (Å²) in [5.41, 5.74) is 2.37. The maximum absolute atomic E-state index is 14.7. The number of nitrogens with zero attached hydrogens (tertiary/aromatic N) is 2. The number of anilines is 1. The molecule has 0 aliphatic heterocycles. The fourth-order valence-corrected chi connectivity index (χ4v) is 6.97. The number of hydrogen-bond acceptors (Lipinski definition) is 5. The molecule has 0 radical (unpaired) electrons. The van der Waals surface area contributed by atoms with E-state index >= 15 is 0 Å². The molecule has 1 atom stereocenters. The smallest absolute Gasteiger partial charge is 0.264 e. The average Bonchev–Trinajstić information content (AvgIpc) is 3.10. The zero-order valence-corrected chi connectivity index (χ0v) is 29.6. The van der Waals surface area contributed by atoms with E-state index in [1.54, 1.807) is 42.5 Å². The minimum Gasteiger partial charge on any atom is -0.457 e. The van der Waals surface area contributed by atoms with Crippen LogP contribution in [0.1, 0.15) is 37.5 Å². The van der Waals surface area contributed by atoms with Gasteiger partial charge in [0.15, 0.2) is 0 Å². The first-order valence-electron chi connectivity index (χ1n) is 16.5. The lowest BCUT2D eigenvalue weighted by atomic mass is 10.00. The Kier molecular flexibility index (Phi) is 11.4. The summed E-state index contributed by atoms with van der Waals surface area (Å²) in [5, 5.41) is 3.06. The number of nitrogens with one attached hydrogen (secondary N) is 1. The van der Waals surface area contributed by atoms with Crippen molar-refractivity contribution in [1.82, 2.24) is 10.2 Å². The van der Waals surface area contributed by atoms with Crippen molar-refractivity contribution in [2.45, 2.75) is 57.1 Å². The summed E-state index contributed by atoms with van der Waals surface area (Å²) in [6.45, 7) is 7.16. The Morgan fingerprint density at radius 2 is 1.26 bits per heavy atom. The molecule has 50 heavy (non-hydrogen) atoms. The maximum atomic E-state index is 14.7. The molecule has 0 aromatic heterocycles. The van der Waals surface area contributed by atoms with Crippen LogP contribution in [0.4, 0.5) is 5.69 Å². The van der Waals surface area contributed by atoms with Crippen molar-refractivity contribution in [2.24, 2.45) is 0 Å². The monoisotopic (exact) mass is 689 g/mol. The molecule has 0 saturated heterocycles. The number of sulfonamides is 1. The Labute approximate surface area is 295 Å². The quantitative estimate of drug-likeness (QED) is 0.138. The Morgan fingerprint density at radius 3 is 1.86 bits per heavy atom. The second-order valence-corrected chi connectivity index (χ2v) is 15.0. The third-order valence-electron chi connectivity index (χ3n) is 8.08. The molecule has 0 heterocycles. The van der Waals surface area contributed by atoms with Crippen LogP contribution < -0.4 is 14.4 Å². The van der Waals surface area contributed by atoms with Gasteiger partial charge < -0.3 is 15.0 Å². The highest BCUT2D eigenvalue weighted by atomic mass is 32.2. The molecule has 2 amide bonds. The molecule has 0 aliphatic carbocycles. The van der Waals surface area contributed by atoms with E-state index in [1.165, 1.54) is 17.0 Å². The number of ether oxygens (including phenoxy) is 1. The molecule has 8 nitrogen and oxygen atoms in total. The van der Waals surface area contributed by atoms with Gasteiger partial charge in [-0.25, -0.2) is 8.42 Å². The van der Waals surface area contributed by atoms with Gasteiger partial charge in [0, 0.05) is 18.5 Å². The molecule has 0 spiro atoms. The highest BCUT2D eigenvalue weighted by molar-refractivity contribution is 7.92. The maximum Gasteiger partial charge on any atom is 0.264 e. The normalized spacial score (nSPS) is 12.1. The third-order valence-corrected chi connectivity index (χ3v) is 9.87. The van der Waals surface area contributed by atoms with E-state index in [0.29, 0.717) is 11.5 Å². The second kappa shape index (κ2) is 15.9. The van der Waals surface area contributed by atoms with Crippen molar-refractivity contribution in [2.75, 3.05) is 10.8 Å². The molecule has 1 N–H and O–H groups in total. The second-order valence-electron chi connectivity index (χ2n) is 13.1. The molecule has 9 heteroatoms. The topological polar surface area (TPSA) is 96.0 Å². The Morgan fingerprint density at radius 1 is 0.720 bits per heavy atom. The number of para-hydroxylation sites is 1. The molecule has 1 unspecified atom stereocenters. The summed E-state index contributed by atoms with van der Waals surface area (Å²) in [6, 6.07) is 40.1. The third kappa shape index (κ3) is 9.39. The molecule has 0 fully saturated rings. The summed E-state index contributed by atoms with van der Waals surface area (Å²) in [4.78, 5) is 30.4. The van der Waals surface area contributed by atoms with Gasteiger partial charge in [0.05, 0.1) is 10.6 Å². The van der Waals surface area contributed by atoms with E-state index in [4.69, 9.17) is 4.74 Å². The highest BCUT2D eigenvalue weighted by Crippen LogP contribution is 2.29. The van der Waals surface area contributed by atoms with Gasteiger partial charge in [-0.2, -0.15) is 0 Å². The number of rotatable bonds is 13. The van der Waals surface area contributed by atoms with Crippen LogP contribution in [-0.4, -0.2) is 43.3 Å². The highest BCUT2D eigenvalue weighted by Gasteiger charge is 2.35. The Bertz CT molecular complexity index is 1980. The van der Waals surface area contributed by atoms with Gasteiger partial charge in [0.2, 0.25) is 11.8 Å². The van der Waals surface area contributed by atoms with Crippen molar-refractivity contribution in [3.63, 3.8) is 0 Å². The fourth-order valence-electron chi connectivity index (χ4n) is 5.53. The van der Waals surface area contributed by atoms with E-state index < -0.39 is 34.1 Å². The van der Waals surface area contributed by atoms with Crippen molar-refractivity contribution < 1.29 is 22.7 Å². The largest absolute Gasteiger partial charge is 0.457 e. The summed E-state index contributed by atoms with van der Waals surface area (Å²) in [7, 11) is -4.22. The Hall–Kier alpha value is -5.41. The minimum absolute atomic E-state index is 0.0363. The number of carbonyl (C=O) groups excluding carboxylic acids is 2. The number of benzene rings is 5. The van der Waals surface area contributed by atoms with E-state index in [2.05, 4.69) is 5.32 Å². The van der Waals surface area contributed by atoms with Gasteiger partial charge in [-0.1, -0.05) is 91.0 Å². The summed E-state index contributed by atoms with van der Waals surface area (Å²) < 4.78 is 35.7. The van der Waals surface area contributed by atoms with E-state index in [1.807, 2.05) is 113 Å². The molecule has 5 aromatic carbocycles. The van der Waals surface area contributed by atoms with Gasteiger partial charge in [-0.3, -0.25) is 13.9 Å². The summed E-state index contributed by atoms with van der Waals surface area (Å²) in [6.07, 6.45) is 0.233. The van der Waals surface area contributed by atoms with Crippen LogP contribution in [0.15, 0.2) is 144 Å². The van der Waals surface area contributed by atoms with Crippen LogP contribution in [0.2, 0.25) is 0 Å². The molecule has 0 bridgehead atoms. The first kappa shape index (κ1) is 35.9. The lowest BCUT2D eigenvalue weighted by Crippen LogP contribution is -2.56. The predicted molar refractivity (Wildman–Crippen MR) is 197 cm³/mol. The summed E-state index contributed by atoms with van der Waals surface area (Å²) >= 11 is 0. The zero-order chi connectivity index (χ0) is 35.7. The zero-order valence-electron chi connectivity index (χ0n) is 28.8. The molecular formula is C41H43N3O5S. The standard InChI is InChI=1S/C41H43N3O5S/c1-31-16-14-15-19-33(31)29-43(38(40(46)42-41(2,3)4)28-32-17-8-5-9-18-32)39(45)30-44(50(47,48)37-22-12-7-13-23-37)34-24-26-36(27-25-34)49-35-20-10-6-11-21-35/h5-27,38H,28-30H2,1-4H3,(H,42,46). The van der Waals surface area contributed by atoms with Crippen LogP contribution in [0, 0.1) is 6.92 Å². The van der Waals surface area contributed by atoms with Gasteiger partial charge in [0.1, 0.15) is 24.1 Å². The number of amides is 2. The Balaban J connectivity index is 1.57. The van der Waals surface area contributed by atoms with Crippen LogP contribution in [0.25, 0.3) is 0 Å². The first-order valence-corrected chi connectivity index (χ1v) is 18.0. The van der Waals surface area contributed by atoms with E-state index in [9.17, 15) is 18.0 Å².